The summed E-state index contributed by atoms with van der Waals surface area (Å²) in [6, 6.07) is 7.84. The Morgan fingerprint density at radius 1 is 1.25 bits per heavy atom. The average molecular weight is 428 g/mol. The van der Waals surface area contributed by atoms with Crippen LogP contribution in [0.5, 0.6) is 0 Å². The molecule has 28 heavy (non-hydrogen) atoms. The molecule has 0 unspecified atom stereocenters. The highest BCUT2D eigenvalue weighted by molar-refractivity contribution is 8.00. The molecule has 1 aromatic carbocycles. The molecule has 1 aliphatic heterocycles. The van der Waals surface area contributed by atoms with Crippen LogP contribution in [-0.4, -0.2) is 60.8 Å². The van der Waals surface area contributed by atoms with Gasteiger partial charge in [-0.2, -0.15) is 0 Å². The fraction of sp³-hybridized carbons (Fsp3) is 0.650. The Balaban J connectivity index is 1.89. The summed E-state index contributed by atoms with van der Waals surface area (Å²) >= 11 is 1.85. The number of piperidine rings is 1. The van der Waals surface area contributed by atoms with Gasteiger partial charge in [0.15, 0.2) is 0 Å². The Morgan fingerprint density at radius 3 is 2.32 bits per heavy atom. The summed E-state index contributed by atoms with van der Waals surface area (Å²) in [6.45, 7) is 7.62. The number of hydrogen-bond donors (Lipinski definition) is 1. The Hall–Kier alpha value is -1.25. The molecule has 0 saturated carbocycles. The summed E-state index contributed by atoms with van der Waals surface area (Å²) in [6.07, 6.45) is 4.84. The first-order valence-electron chi connectivity index (χ1n) is 9.80. The van der Waals surface area contributed by atoms with Crippen LogP contribution in [0.1, 0.15) is 46.5 Å². The van der Waals surface area contributed by atoms with Gasteiger partial charge in [-0.1, -0.05) is 27.2 Å². The highest BCUT2D eigenvalue weighted by atomic mass is 32.2. The summed E-state index contributed by atoms with van der Waals surface area (Å²) in [4.78, 5) is 15.4. The Bertz CT molecular complexity index is 755. The largest absolute Gasteiger partial charge is 0.325 e. The number of hydrogen-bond acceptors (Lipinski definition) is 4. The molecule has 1 aromatic rings. The Labute approximate surface area is 174 Å². The number of urea groups is 1. The summed E-state index contributed by atoms with van der Waals surface area (Å²) in [5.41, 5.74) is 0.767. The van der Waals surface area contributed by atoms with Gasteiger partial charge < -0.3 is 10.2 Å². The fourth-order valence-corrected chi connectivity index (χ4v) is 5.61. The van der Waals surface area contributed by atoms with E-state index < -0.39 is 10.0 Å². The van der Waals surface area contributed by atoms with E-state index in [4.69, 9.17) is 0 Å². The van der Waals surface area contributed by atoms with Gasteiger partial charge in [-0.05, 0) is 43.5 Å². The number of sulfonamides is 1. The third-order valence-corrected chi connectivity index (χ3v) is 7.68. The summed E-state index contributed by atoms with van der Waals surface area (Å²) < 4.78 is 24.9. The number of anilines is 1. The van der Waals surface area contributed by atoms with Gasteiger partial charge in [-0.3, -0.25) is 0 Å². The molecule has 6 nitrogen and oxygen atoms in total. The van der Waals surface area contributed by atoms with Crippen molar-refractivity contribution in [3.8, 4) is 0 Å². The number of benzene rings is 1. The van der Waals surface area contributed by atoms with Crippen molar-refractivity contribution in [2.24, 2.45) is 0 Å². The van der Waals surface area contributed by atoms with E-state index in [2.05, 4.69) is 26.1 Å². The molecule has 8 heteroatoms. The van der Waals surface area contributed by atoms with Crippen molar-refractivity contribution in [3.63, 3.8) is 0 Å². The van der Waals surface area contributed by atoms with Crippen LogP contribution in [0.3, 0.4) is 0 Å². The van der Waals surface area contributed by atoms with E-state index in [1.54, 1.807) is 11.9 Å². The highest BCUT2D eigenvalue weighted by Crippen LogP contribution is 2.36. The van der Waals surface area contributed by atoms with E-state index in [0.29, 0.717) is 25.9 Å². The molecule has 1 fully saturated rings. The second-order valence-electron chi connectivity index (χ2n) is 8.07. The van der Waals surface area contributed by atoms with Crippen LogP contribution in [0, 0.1) is 0 Å². The van der Waals surface area contributed by atoms with Crippen molar-refractivity contribution >= 4 is 33.5 Å². The number of rotatable bonds is 7. The van der Waals surface area contributed by atoms with Crippen molar-refractivity contribution in [1.82, 2.24) is 9.21 Å². The van der Waals surface area contributed by atoms with Crippen LogP contribution < -0.4 is 5.32 Å². The maximum atomic E-state index is 12.6. The Kier molecular flexibility index (Phi) is 7.81. The third kappa shape index (κ3) is 6.67. The summed E-state index contributed by atoms with van der Waals surface area (Å²) in [5, 5.41) is 2.94. The first-order chi connectivity index (χ1) is 13.0. The number of amides is 2. The molecule has 2 rings (SSSR count). The minimum absolute atomic E-state index is 0.0441. The van der Waals surface area contributed by atoms with Crippen molar-refractivity contribution in [2.45, 2.75) is 62.1 Å². The zero-order chi connectivity index (χ0) is 20.9. The standard InChI is InChI=1S/C20H33N3O3S2/c1-6-13-20(2,3)27-18-9-7-16(8-10-18)21-19(24)22(4)17-11-14-23(15-12-17)28(5,25)26/h7-10,17H,6,11-15H2,1-5H3,(H,21,24). The zero-order valence-corrected chi connectivity index (χ0v) is 19.2. The van der Waals surface area contributed by atoms with Crippen LogP contribution in [0.25, 0.3) is 0 Å². The normalized spacial score (nSPS) is 16.8. The van der Waals surface area contributed by atoms with Crippen molar-refractivity contribution in [2.75, 3.05) is 31.7 Å². The summed E-state index contributed by atoms with van der Waals surface area (Å²) in [7, 11) is -1.38. The first kappa shape index (κ1) is 23.0. The Morgan fingerprint density at radius 2 is 1.82 bits per heavy atom. The molecule has 1 aliphatic rings. The molecule has 1 heterocycles. The predicted molar refractivity (Wildman–Crippen MR) is 118 cm³/mol. The lowest BCUT2D eigenvalue weighted by Crippen LogP contribution is -2.48. The first-order valence-corrected chi connectivity index (χ1v) is 12.5. The van der Waals surface area contributed by atoms with E-state index in [1.807, 2.05) is 36.0 Å². The molecular weight excluding hydrogens is 394 g/mol. The van der Waals surface area contributed by atoms with Gasteiger partial charge in [0.25, 0.3) is 0 Å². The number of thioether (sulfide) groups is 1. The second-order valence-corrected chi connectivity index (χ2v) is 11.8. The van der Waals surface area contributed by atoms with E-state index in [1.165, 1.54) is 15.5 Å². The zero-order valence-electron chi connectivity index (χ0n) is 17.6. The smallest absolute Gasteiger partial charge is 0.321 e. The lowest BCUT2D eigenvalue weighted by molar-refractivity contribution is 0.174. The third-order valence-electron chi connectivity index (χ3n) is 5.11. The number of nitrogens with one attached hydrogen (secondary N) is 1. The van der Waals surface area contributed by atoms with E-state index >= 15 is 0 Å². The average Bonchev–Trinajstić information content (AvgIpc) is 2.61. The van der Waals surface area contributed by atoms with Crippen molar-refractivity contribution in [3.05, 3.63) is 24.3 Å². The molecule has 0 aromatic heterocycles. The van der Waals surface area contributed by atoms with Gasteiger partial charge in [0.1, 0.15) is 0 Å². The van der Waals surface area contributed by atoms with Crippen LogP contribution in [-0.2, 0) is 10.0 Å². The molecular formula is C20H33N3O3S2. The maximum Gasteiger partial charge on any atom is 0.321 e. The number of carbonyl (C=O) groups is 1. The van der Waals surface area contributed by atoms with Gasteiger partial charge in [0.2, 0.25) is 10.0 Å². The van der Waals surface area contributed by atoms with Crippen molar-refractivity contribution in [1.29, 1.82) is 0 Å². The molecule has 2 amide bonds. The van der Waals surface area contributed by atoms with Gasteiger partial charge in [-0.15, -0.1) is 11.8 Å². The monoisotopic (exact) mass is 427 g/mol. The SMILES string of the molecule is CCCC(C)(C)Sc1ccc(NC(=O)N(C)C2CCN(S(C)(=O)=O)CC2)cc1. The number of nitrogens with zero attached hydrogens (tertiary/aromatic N) is 2. The quantitative estimate of drug-likeness (QED) is 0.661. The summed E-state index contributed by atoms with van der Waals surface area (Å²) in [5.74, 6) is 0. The van der Waals surface area contributed by atoms with E-state index in [-0.39, 0.29) is 16.8 Å². The van der Waals surface area contributed by atoms with Crippen LogP contribution >= 0.6 is 11.8 Å². The molecule has 0 bridgehead atoms. The molecule has 1 saturated heterocycles. The minimum atomic E-state index is -3.15. The fourth-order valence-electron chi connectivity index (χ4n) is 3.52. The van der Waals surface area contributed by atoms with E-state index in [0.717, 1.165) is 18.5 Å². The lowest BCUT2D eigenvalue weighted by atomic mass is 10.1. The molecule has 0 aliphatic carbocycles. The van der Waals surface area contributed by atoms with Gasteiger partial charge >= 0.3 is 6.03 Å². The molecule has 0 spiro atoms. The molecule has 0 radical (unpaired) electrons. The second kappa shape index (κ2) is 9.50. The minimum Gasteiger partial charge on any atom is -0.325 e. The van der Waals surface area contributed by atoms with Crippen LogP contribution in [0.2, 0.25) is 0 Å². The molecule has 158 valence electrons. The van der Waals surface area contributed by atoms with Gasteiger partial charge in [0.05, 0.1) is 6.26 Å². The topological polar surface area (TPSA) is 69.7 Å². The molecule has 0 atom stereocenters. The number of carbonyl (C=O) groups excluding carboxylic acids is 1. The van der Waals surface area contributed by atoms with Crippen LogP contribution in [0.15, 0.2) is 29.2 Å². The lowest BCUT2D eigenvalue weighted by Gasteiger charge is -2.35. The van der Waals surface area contributed by atoms with Gasteiger partial charge in [0, 0.05) is 41.5 Å². The highest BCUT2D eigenvalue weighted by Gasteiger charge is 2.29. The van der Waals surface area contributed by atoms with Crippen LogP contribution in [0.4, 0.5) is 10.5 Å². The van der Waals surface area contributed by atoms with E-state index in [9.17, 15) is 13.2 Å². The van der Waals surface area contributed by atoms with Gasteiger partial charge in [-0.25, -0.2) is 17.5 Å². The van der Waals surface area contributed by atoms with Crippen molar-refractivity contribution < 1.29 is 13.2 Å². The predicted octanol–water partition coefficient (Wildman–Crippen LogP) is 4.25. The maximum absolute atomic E-state index is 12.6. The molecule has 1 N–H and O–H groups in total.